The van der Waals surface area contributed by atoms with E-state index in [0.717, 1.165) is 56.1 Å². The second-order valence-corrected chi connectivity index (χ2v) is 9.68. The van der Waals surface area contributed by atoms with Crippen molar-refractivity contribution in [3.05, 3.63) is 59.7 Å². The smallest absolute Gasteiger partial charge is 0.330 e. The first kappa shape index (κ1) is 26.3. The third-order valence-electron chi connectivity index (χ3n) is 6.66. The minimum absolute atomic E-state index is 0.00883. The van der Waals surface area contributed by atoms with Gasteiger partial charge in [0, 0.05) is 23.4 Å². The number of hydrogen-bond donors (Lipinski definition) is 2. The van der Waals surface area contributed by atoms with E-state index in [1.54, 1.807) is 24.3 Å². The van der Waals surface area contributed by atoms with Crippen molar-refractivity contribution < 1.29 is 19.1 Å². The summed E-state index contributed by atoms with van der Waals surface area (Å²) in [6, 6.07) is 12.6. The van der Waals surface area contributed by atoms with Crippen LogP contribution in [0.15, 0.2) is 48.5 Å². The number of nitrogens with two attached hydrogens (primary N) is 2. The molecular formula is C29H38N2O4. The molecule has 1 atom stereocenters. The molecule has 0 spiro atoms. The van der Waals surface area contributed by atoms with Crippen LogP contribution in [0.5, 0.6) is 5.75 Å². The van der Waals surface area contributed by atoms with Crippen LogP contribution in [0.4, 0.5) is 11.4 Å². The van der Waals surface area contributed by atoms with Crippen molar-refractivity contribution in [3.63, 3.8) is 0 Å². The van der Waals surface area contributed by atoms with Gasteiger partial charge in [-0.25, -0.2) is 4.79 Å². The van der Waals surface area contributed by atoms with Gasteiger partial charge in [-0.05, 0) is 85.6 Å². The maximum atomic E-state index is 12.4. The number of nitrogen functional groups attached to an aromatic ring is 2. The lowest BCUT2D eigenvalue weighted by atomic mass is 9.83. The summed E-state index contributed by atoms with van der Waals surface area (Å²) in [6.45, 7) is 4.62. The van der Waals surface area contributed by atoms with E-state index in [0.29, 0.717) is 23.0 Å². The topological polar surface area (TPSA) is 105 Å². The molecular weight excluding hydrogens is 440 g/mol. The molecule has 188 valence electrons. The Hall–Kier alpha value is -3.28. The first-order valence-electron chi connectivity index (χ1n) is 12.7. The normalized spacial score (nSPS) is 18.8. The second kappa shape index (κ2) is 13.0. The number of unbranched alkanes of at least 4 members (excludes halogenated alkanes) is 1. The zero-order valence-electron chi connectivity index (χ0n) is 20.9. The predicted octanol–water partition coefficient (Wildman–Crippen LogP) is 6.11. The van der Waals surface area contributed by atoms with Crippen molar-refractivity contribution in [1.29, 1.82) is 0 Å². The Kier molecular flexibility index (Phi) is 9.76. The van der Waals surface area contributed by atoms with Crippen LogP contribution in [0.2, 0.25) is 0 Å². The van der Waals surface area contributed by atoms with Gasteiger partial charge < -0.3 is 20.9 Å². The summed E-state index contributed by atoms with van der Waals surface area (Å²) in [4.78, 5) is 24.7. The number of carbonyl (C=O) groups is 2. The number of benzene rings is 2. The molecule has 1 aliphatic carbocycles. The Morgan fingerprint density at radius 3 is 2.31 bits per heavy atom. The highest BCUT2D eigenvalue weighted by atomic mass is 16.5. The van der Waals surface area contributed by atoms with E-state index >= 15 is 0 Å². The van der Waals surface area contributed by atoms with Crippen LogP contribution in [0.3, 0.4) is 0 Å². The Morgan fingerprint density at radius 1 is 1.03 bits per heavy atom. The average molecular weight is 479 g/mol. The molecule has 1 aliphatic rings. The summed E-state index contributed by atoms with van der Waals surface area (Å²) in [7, 11) is 0. The van der Waals surface area contributed by atoms with Crippen LogP contribution in [0.1, 0.15) is 75.8 Å². The van der Waals surface area contributed by atoms with Gasteiger partial charge in [-0.1, -0.05) is 38.8 Å². The van der Waals surface area contributed by atoms with Gasteiger partial charge in [0.2, 0.25) is 0 Å². The third kappa shape index (κ3) is 8.46. The minimum atomic E-state index is -0.412. The number of carbonyl (C=O) groups excluding carboxylic acids is 2. The van der Waals surface area contributed by atoms with E-state index in [1.165, 1.54) is 6.08 Å². The SMILES string of the molecule is CCCCC(COC(=O)/C=C/c1ccc(OC(=O)C2CCC(C)CC2)cc1)c1cc(N)cc(N)c1. The fraction of sp³-hybridized carbons (Fsp3) is 0.448. The lowest BCUT2D eigenvalue weighted by Crippen LogP contribution is -2.24. The molecule has 0 saturated heterocycles. The molecule has 0 radical (unpaired) electrons. The molecule has 0 aromatic heterocycles. The Balaban J connectivity index is 1.51. The van der Waals surface area contributed by atoms with Gasteiger partial charge in [0.1, 0.15) is 5.75 Å². The van der Waals surface area contributed by atoms with Crippen LogP contribution in [-0.4, -0.2) is 18.5 Å². The Labute approximate surface area is 208 Å². The summed E-state index contributed by atoms with van der Waals surface area (Å²) < 4.78 is 11.1. The van der Waals surface area contributed by atoms with E-state index in [4.69, 9.17) is 20.9 Å². The quantitative estimate of drug-likeness (QED) is 0.185. The predicted molar refractivity (Wildman–Crippen MR) is 141 cm³/mol. The van der Waals surface area contributed by atoms with E-state index in [2.05, 4.69) is 13.8 Å². The highest BCUT2D eigenvalue weighted by molar-refractivity contribution is 5.87. The van der Waals surface area contributed by atoms with Gasteiger partial charge in [0.05, 0.1) is 12.5 Å². The van der Waals surface area contributed by atoms with Crippen molar-refractivity contribution in [2.45, 2.75) is 64.7 Å². The molecule has 1 fully saturated rings. The van der Waals surface area contributed by atoms with Gasteiger partial charge >= 0.3 is 11.9 Å². The standard InChI is InChI=1S/C29H38N2O4/c1-3-4-5-23(24-16-25(30)18-26(31)17-24)19-34-28(32)15-10-21-8-13-27(14-9-21)35-29(33)22-11-6-20(2)7-12-22/h8-10,13-18,20,22-23H,3-7,11-12,19,30-31H2,1-2H3/b15-10+. The van der Waals surface area contributed by atoms with Crippen molar-refractivity contribution in [1.82, 2.24) is 0 Å². The first-order chi connectivity index (χ1) is 16.8. The van der Waals surface area contributed by atoms with Crippen LogP contribution >= 0.6 is 0 Å². The largest absolute Gasteiger partial charge is 0.462 e. The van der Waals surface area contributed by atoms with E-state index < -0.39 is 5.97 Å². The number of rotatable bonds is 10. The van der Waals surface area contributed by atoms with Crippen molar-refractivity contribution in [2.24, 2.45) is 11.8 Å². The van der Waals surface area contributed by atoms with Gasteiger partial charge in [-0.15, -0.1) is 0 Å². The molecule has 2 aromatic rings. The molecule has 6 heteroatoms. The number of anilines is 2. The maximum Gasteiger partial charge on any atom is 0.330 e. The maximum absolute atomic E-state index is 12.4. The fourth-order valence-corrected chi connectivity index (χ4v) is 4.47. The molecule has 35 heavy (non-hydrogen) atoms. The monoisotopic (exact) mass is 478 g/mol. The van der Waals surface area contributed by atoms with Crippen LogP contribution in [0, 0.1) is 11.8 Å². The Morgan fingerprint density at radius 2 is 1.69 bits per heavy atom. The van der Waals surface area contributed by atoms with Crippen molar-refractivity contribution in [3.8, 4) is 5.75 Å². The molecule has 0 amide bonds. The number of esters is 2. The van der Waals surface area contributed by atoms with Gasteiger partial charge in [-0.3, -0.25) is 4.79 Å². The Bertz CT molecular complexity index is 988. The molecule has 0 bridgehead atoms. The lowest BCUT2D eigenvalue weighted by Gasteiger charge is -2.24. The minimum Gasteiger partial charge on any atom is -0.462 e. The zero-order valence-corrected chi connectivity index (χ0v) is 20.9. The summed E-state index contributed by atoms with van der Waals surface area (Å²) in [5.41, 5.74) is 14.9. The van der Waals surface area contributed by atoms with Gasteiger partial charge in [0.15, 0.2) is 0 Å². The van der Waals surface area contributed by atoms with E-state index in [-0.39, 0.29) is 24.4 Å². The molecule has 6 nitrogen and oxygen atoms in total. The average Bonchev–Trinajstić information content (AvgIpc) is 2.83. The van der Waals surface area contributed by atoms with E-state index in [9.17, 15) is 9.59 Å². The molecule has 1 saturated carbocycles. The summed E-state index contributed by atoms with van der Waals surface area (Å²) in [5.74, 6) is 0.683. The molecule has 1 unspecified atom stereocenters. The van der Waals surface area contributed by atoms with Gasteiger partial charge in [0.25, 0.3) is 0 Å². The fourth-order valence-electron chi connectivity index (χ4n) is 4.47. The van der Waals surface area contributed by atoms with Crippen LogP contribution in [0.25, 0.3) is 6.08 Å². The first-order valence-corrected chi connectivity index (χ1v) is 12.7. The van der Waals surface area contributed by atoms with Crippen molar-refractivity contribution in [2.75, 3.05) is 18.1 Å². The van der Waals surface area contributed by atoms with E-state index in [1.807, 2.05) is 24.3 Å². The molecule has 0 heterocycles. The highest BCUT2D eigenvalue weighted by Crippen LogP contribution is 2.30. The summed E-state index contributed by atoms with van der Waals surface area (Å²) >= 11 is 0. The molecule has 4 N–H and O–H groups in total. The lowest BCUT2D eigenvalue weighted by molar-refractivity contribution is -0.140. The van der Waals surface area contributed by atoms with Crippen LogP contribution in [-0.2, 0) is 14.3 Å². The summed E-state index contributed by atoms with van der Waals surface area (Å²) in [6.07, 6.45) is 10.00. The third-order valence-corrected chi connectivity index (χ3v) is 6.66. The zero-order chi connectivity index (χ0) is 25.2. The highest BCUT2D eigenvalue weighted by Gasteiger charge is 2.25. The molecule has 0 aliphatic heterocycles. The molecule has 2 aromatic carbocycles. The summed E-state index contributed by atoms with van der Waals surface area (Å²) in [5, 5.41) is 0. The molecule has 3 rings (SSSR count). The van der Waals surface area contributed by atoms with Crippen LogP contribution < -0.4 is 16.2 Å². The van der Waals surface area contributed by atoms with Gasteiger partial charge in [-0.2, -0.15) is 0 Å². The number of hydrogen-bond acceptors (Lipinski definition) is 6. The van der Waals surface area contributed by atoms with Crippen molar-refractivity contribution >= 4 is 29.4 Å². The second-order valence-electron chi connectivity index (χ2n) is 9.68. The number of ether oxygens (including phenoxy) is 2.